The predicted molar refractivity (Wildman–Crippen MR) is 176 cm³/mol. The lowest BCUT2D eigenvalue weighted by Crippen LogP contribution is -2.31. The number of aliphatic hydroxyl groups is 1. The molecule has 0 bridgehead atoms. The summed E-state index contributed by atoms with van der Waals surface area (Å²) in [5, 5.41) is 10.9. The normalized spacial score (nSPS) is 15.5. The molecule has 264 valence electrons. The molecule has 0 saturated heterocycles. The highest BCUT2D eigenvalue weighted by Gasteiger charge is 2.43. The van der Waals surface area contributed by atoms with Crippen LogP contribution in [0, 0.1) is 5.92 Å². The molecule has 4 N–H and O–H groups in total. The van der Waals surface area contributed by atoms with E-state index in [1.807, 2.05) is 0 Å². The molecule has 1 rings (SSSR count). The minimum absolute atomic E-state index is 0.0143. The Kier molecular flexibility index (Phi) is 17.6. The summed E-state index contributed by atoms with van der Waals surface area (Å²) in [5.74, 6) is -1.01. The molecule has 0 aliphatic rings. The number of unbranched alkanes of at least 4 members (excludes halogenated alkanes) is 1. The zero-order valence-electron chi connectivity index (χ0n) is 27.2. The van der Waals surface area contributed by atoms with Crippen LogP contribution in [0.5, 0.6) is 5.75 Å². The number of hydrogen-bond acceptors (Lipinski definition) is 10. The van der Waals surface area contributed by atoms with Crippen molar-refractivity contribution in [3.05, 3.63) is 39.9 Å². The van der Waals surface area contributed by atoms with E-state index in [9.17, 15) is 33.6 Å². The number of aliphatic hydroxyl groups excluding tert-OH is 1. The van der Waals surface area contributed by atoms with E-state index in [0.29, 0.717) is 37.8 Å². The smallest absolute Gasteiger partial charge is 0.472 e. The van der Waals surface area contributed by atoms with Crippen molar-refractivity contribution in [2.45, 2.75) is 77.7 Å². The first-order chi connectivity index (χ1) is 21.2. The highest BCUT2D eigenvalue weighted by atomic mass is 35.5. The van der Waals surface area contributed by atoms with Gasteiger partial charge in [-0.2, -0.15) is 0 Å². The first kappa shape index (κ1) is 42.7. The van der Waals surface area contributed by atoms with Crippen LogP contribution in [0.2, 0.25) is 10.0 Å². The maximum absolute atomic E-state index is 12.9. The van der Waals surface area contributed by atoms with Gasteiger partial charge in [-0.25, -0.2) is 4.57 Å². The number of phosphoric acid groups is 1. The van der Waals surface area contributed by atoms with Crippen molar-refractivity contribution in [3.8, 4) is 5.75 Å². The molecule has 0 saturated carbocycles. The van der Waals surface area contributed by atoms with Gasteiger partial charge in [-0.1, -0.05) is 43.1 Å². The first-order valence-electron chi connectivity index (χ1n) is 14.6. The van der Waals surface area contributed by atoms with Gasteiger partial charge in [-0.3, -0.25) is 23.2 Å². The van der Waals surface area contributed by atoms with Gasteiger partial charge in [-0.15, -0.1) is 0 Å². The fourth-order valence-electron chi connectivity index (χ4n) is 3.76. The van der Waals surface area contributed by atoms with Gasteiger partial charge in [0, 0.05) is 31.7 Å². The summed E-state index contributed by atoms with van der Waals surface area (Å²) in [4.78, 5) is 44.7. The van der Waals surface area contributed by atoms with E-state index in [0.717, 1.165) is 7.11 Å². The fraction of sp³-hybridized carbons (Fsp3) is 0.655. The van der Waals surface area contributed by atoms with E-state index in [1.54, 1.807) is 20.8 Å². The van der Waals surface area contributed by atoms with Gasteiger partial charge >= 0.3 is 15.4 Å². The van der Waals surface area contributed by atoms with Crippen LogP contribution < -0.4 is 10.1 Å². The summed E-state index contributed by atoms with van der Waals surface area (Å²) < 4.78 is 50.5. The van der Waals surface area contributed by atoms with Gasteiger partial charge in [0.25, 0.3) is 5.91 Å². The largest absolute Gasteiger partial charge is 0.482 e. The summed E-state index contributed by atoms with van der Waals surface area (Å²) in [6, 6.07) is 2.93. The molecular formula is C29H47Cl2NO12P2. The second-order valence-corrected chi connectivity index (χ2v) is 16.2. The Morgan fingerprint density at radius 3 is 2.33 bits per heavy atom. The number of benzene rings is 1. The summed E-state index contributed by atoms with van der Waals surface area (Å²) in [6.45, 7) is 10.8. The predicted octanol–water partition coefficient (Wildman–Crippen LogP) is 6.30. The summed E-state index contributed by atoms with van der Waals surface area (Å²) >= 11 is 12.5. The highest BCUT2D eigenvalue weighted by Crippen LogP contribution is 2.56. The van der Waals surface area contributed by atoms with Crippen molar-refractivity contribution < 1.29 is 56.7 Å². The Hall–Kier alpha value is -1.34. The molecule has 0 fully saturated rings. The number of nitrogens with one attached hydrogen (secondary N) is 1. The van der Waals surface area contributed by atoms with Crippen molar-refractivity contribution in [3.63, 3.8) is 0 Å². The van der Waals surface area contributed by atoms with E-state index in [-0.39, 0.29) is 60.0 Å². The molecule has 1 aromatic carbocycles. The van der Waals surface area contributed by atoms with Crippen LogP contribution in [0.15, 0.2) is 24.3 Å². The monoisotopic (exact) mass is 733 g/mol. The number of carbonyl (C=O) groups is 2. The van der Waals surface area contributed by atoms with Crippen LogP contribution in [0.3, 0.4) is 0 Å². The Labute approximate surface area is 281 Å². The van der Waals surface area contributed by atoms with Gasteiger partial charge in [-0.05, 0) is 71.1 Å². The number of amides is 1. The van der Waals surface area contributed by atoms with Crippen LogP contribution >= 0.6 is 38.6 Å². The molecule has 0 aromatic heterocycles. The minimum atomic E-state index is -4.32. The van der Waals surface area contributed by atoms with Crippen molar-refractivity contribution in [1.29, 1.82) is 0 Å². The molecule has 17 heteroatoms. The van der Waals surface area contributed by atoms with Crippen molar-refractivity contribution in [2.24, 2.45) is 5.92 Å². The maximum atomic E-state index is 12.9. The molecule has 1 amide bonds. The quantitative estimate of drug-likeness (QED) is 0.0426. The molecule has 0 aliphatic heterocycles. The van der Waals surface area contributed by atoms with E-state index < -0.39 is 38.2 Å². The number of halogens is 2. The van der Waals surface area contributed by atoms with E-state index in [2.05, 4.69) is 16.4 Å². The third kappa shape index (κ3) is 14.0. The number of carbonyl (C=O) groups excluding carboxylic acids is 2. The molecule has 0 spiro atoms. The molecule has 3 atom stereocenters. The van der Waals surface area contributed by atoms with Crippen molar-refractivity contribution in [2.75, 3.05) is 40.1 Å². The molecule has 0 heterocycles. The van der Waals surface area contributed by atoms with Crippen molar-refractivity contribution in [1.82, 2.24) is 5.32 Å². The average molecular weight is 735 g/mol. The molecule has 46 heavy (non-hydrogen) atoms. The Balaban J connectivity index is 2.46. The topological polar surface area (TPSA) is 187 Å². The fourth-order valence-corrected chi connectivity index (χ4v) is 5.99. The number of ether oxygens (including phenoxy) is 2. The number of hydrogen-bond donors (Lipinski definition) is 4. The second-order valence-electron chi connectivity index (χ2n) is 11.6. The third-order valence-corrected chi connectivity index (χ3v) is 11.0. The Bertz CT molecular complexity index is 1290. The van der Waals surface area contributed by atoms with Gasteiger partial charge in [0.1, 0.15) is 10.8 Å². The van der Waals surface area contributed by atoms with Gasteiger partial charge in [0.2, 0.25) is 0 Å². The summed E-state index contributed by atoms with van der Waals surface area (Å²) in [7, 11) is -7.51. The first-order valence-corrected chi connectivity index (χ1v) is 18.5. The minimum Gasteiger partial charge on any atom is -0.482 e. The van der Waals surface area contributed by atoms with Gasteiger partial charge in [0.15, 0.2) is 17.7 Å². The molecule has 1 aromatic rings. The number of allylic oxidation sites excluding steroid dienone is 1. The lowest BCUT2D eigenvalue weighted by molar-refractivity contribution is -0.123. The maximum Gasteiger partial charge on any atom is 0.472 e. The molecule has 3 unspecified atom stereocenters. The lowest BCUT2D eigenvalue weighted by Gasteiger charge is -2.32. The zero-order valence-corrected chi connectivity index (χ0v) is 30.5. The SMILES string of the molecule is C=C(CC)C(=O)c1ccc(OCC(=O)NCCCCC(CO)COP(=O)(O)C(C)(C)OCCC(C)(C)OP(=O)(O)OC)c(Cl)c1Cl. The highest BCUT2D eigenvalue weighted by molar-refractivity contribution is 7.54. The molecule has 13 nitrogen and oxygen atoms in total. The molecular weight excluding hydrogens is 687 g/mol. The molecule has 0 aliphatic carbocycles. The summed E-state index contributed by atoms with van der Waals surface area (Å²) in [6.07, 6.45) is 2.17. The van der Waals surface area contributed by atoms with Crippen LogP contribution in [-0.4, -0.2) is 77.6 Å². The van der Waals surface area contributed by atoms with Crippen LogP contribution in [0.4, 0.5) is 0 Å². The average Bonchev–Trinajstić information content (AvgIpc) is 2.97. The number of phosphoric ester groups is 1. The lowest BCUT2D eigenvalue weighted by atomic mass is 10.0. The zero-order chi connectivity index (χ0) is 35.3. The van der Waals surface area contributed by atoms with Crippen LogP contribution in [-0.2, 0) is 32.2 Å². The molecule has 0 radical (unpaired) electrons. The summed E-state index contributed by atoms with van der Waals surface area (Å²) in [5.41, 5.74) is -0.530. The van der Waals surface area contributed by atoms with Crippen LogP contribution in [0.25, 0.3) is 0 Å². The van der Waals surface area contributed by atoms with Gasteiger partial charge in [0.05, 0.1) is 23.8 Å². The van der Waals surface area contributed by atoms with E-state index in [4.69, 9.17) is 41.7 Å². The van der Waals surface area contributed by atoms with Gasteiger partial charge < -0.3 is 34.2 Å². The Morgan fingerprint density at radius 1 is 1.09 bits per heavy atom. The number of rotatable bonds is 23. The van der Waals surface area contributed by atoms with Crippen molar-refractivity contribution >= 4 is 50.3 Å². The number of Topliss-reactive ketones (excluding diaryl/α,β-unsaturated/α-hetero) is 1. The Morgan fingerprint density at radius 2 is 1.74 bits per heavy atom. The standard InChI is InChI=1S/C29H47Cl2NO12P2/c1-8-20(2)27(35)22-12-13-23(26(31)25(22)30)41-19-24(34)32-15-10-9-11-21(17-33)18-43-45(36,37)29(5,6)42-16-14-28(3,4)44-46(38,39)40-7/h12-13,21,33H,2,8-11,14-19H2,1,3-7H3,(H,32,34)(H,36,37)(H,38,39). The third-order valence-electron chi connectivity index (χ3n) is 6.94. The van der Waals surface area contributed by atoms with E-state index in [1.165, 1.54) is 26.0 Å². The second kappa shape index (κ2) is 19.0. The van der Waals surface area contributed by atoms with Crippen LogP contribution in [0.1, 0.15) is 77.1 Å². The van der Waals surface area contributed by atoms with E-state index >= 15 is 0 Å². The number of ketones is 1.